The van der Waals surface area contributed by atoms with Crippen molar-refractivity contribution in [1.82, 2.24) is 0 Å². The molecule has 4 atom stereocenters. The van der Waals surface area contributed by atoms with Crippen molar-refractivity contribution in [3.63, 3.8) is 0 Å². The first-order chi connectivity index (χ1) is 14.7. The van der Waals surface area contributed by atoms with Crippen molar-refractivity contribution in [3.8, 4) is 0 Å². The normalized spacial score (nSPS) is 25.2. The highest BCUT2D eigenvalue weighted by Crippen LogP contribution is 2.40. The molecule has 0 aromatic heterocycles. The summed E-state index contributed by atoms with van der Waals surface area (Å²) in [6.07, 6.45) is 3.02. The molecule has 2 aromatic carbocycles. The van der Waals surface area contributed by atoms with E-state index in [9.17, 15) is 16.8 Å². The summed E-state index contributed by atoms with van der Waals surface area (Å²) in [6, 6.07) is 12.8. The number of ether oxygens (including phenoxy) is 1. The molecule has 2 aromatic rings. The molecule has 4 rings (SSSR count). The lowest BCUT2D eigenvalue weighted by molar-refractivity contribution is 0.0940. The SMILES string of the molecule is Cc1ccc(S(=O)(=O)OCC2C3C=CC(O3)C2COS(=O)(=O)c2ccc(C)cc2)cc1. The first-order valence-electron chi connectivity index (χ1n) is 9.92. The zero-order chi connectivity index (χ0) is 22.2. The Kier molecular flexibility index (Phi) is 6.06. The first-order valence-corrected chi connectivity index (χ1v) is 12.7. The molecule has 9 heteroatoms. The highest BCUT2D eigenvalue weighted by Gasteiger charge is 2.47. The van der Waals surface area contributed by atoms with Crippen molar-refractivity contribution in [1.29, 1.82) is 0 Å². The quantitative estimate of drug-likeness (QED) is 0.438. The highest BCUT2D eigenvalue weighted by molar-refractivity contribution is 7.87. The van der Waals surface area contributed by atoms with Crippen LogP contribution in [0.3, 0.4) is 0 Å². The molecule has 2 heterocycles. The molecule has 2 aliphatic rings. The van der Waals surface area contributed by atoms with Crippen LogP contribution in [-0.4, -0.2) is 42.3 Å². The predicted octanol–water partition coefficient (Wildman–Crippen LogP) is 2.98. The molecule has 7 nitrogen and oxygen atoms in total. The summed E-state index contributed by atoms with van der Waals surface area (Å²) in [5.41, 5.74) is 1.88. The molecule has 0 radical (unpaired) electrons. The molecular formula is C22H24O7S2. The van der Waals surface area contributed by atoms with E-state index in [4.69, 9.17) is 13.1 Å². The third kappa shape index (κ3) is 4.75. The standard InChI is InChI=1S/C22H24O7S2/c1-15-3-7-17(8-4-15)30(23,24)27-13-19-20(22-12-11-21(19)29-22)14-28-31(25,26)18-9-5-16(2)6-10-18/h3-12,19-22H,13-14H2,1-2H3. The molecule has 0 aliphatic carbocycles. The number of rotatable bonds is 8. The van der Waals surface area contributed by atoms with E-state index in [-0.39, 0.29) is 47.0 Å². The first kappa shape index (κ1) is 22.2. The molecule has 1 saturated heterocycles. The highest BCUT2D eigenvalue weighted by atomic mass is 32.2. The largest absolute Gasteiger partial charge is 0.366 e. The van der Waals surface area contributed by atoms with Gasteiger partial charge in [-0.05, 0) is 38.1 Å². The minimum Gasteiger partial charge on any atom is -0.366 e. The fourth-order valence-corrected chi connectivity index (χ4v) is 5.67. The third-order valence-corrected chi connectivity index (χ3v) is 8.24. The van der Waals surface area contributed by atoms with Gasteiger partial charge in [0, 0.05) is 11.8 Å². The number of hydrogen-bond acceptors (Lipinski definition) is 7. The number of benzene rings is 2. The van der Waals surface area contributed by atoms with Gasteiger partial charge in [-0.2, -0.15) is 16.8 Å². The summed E-state index contributed by atoms with van der Waals surface area (Å²) in [5.74, 6) is -0.688. The van der Waals surface area contributed by atoms with Crippen LogP contribution in [0.4, 0.5) is 0 Å². The molecule has 0 amide bonds. The molecule has 0 spiro atoms. The van der Waals surface area contributed by atoms with Gasteiger partial charge in [-0.15, -0.1) is 0 Å². The minimum atomic E-state index is -3.93. The van der Waals surface area contributed by atoms with E-state index in [1.54, 1.807) is 24.3 Å². The van der Waals surface area contributed by atoms with Gasteiger partial charge in [0.05, 0.1) is 35.2 Å². The number of fused-ring (bicyclic) bond motifs is 2. The van der Waals surface area contributed by atoms with Crippen LogP contribution in [0.25, 0.3) is 0 Å². The number of hydrogen-bond donors (Lipinski definition) is 0. The average molecular weight is 465 g/mol. The molecule has 0 N–H and O–H groups in total. The topological polar surface area (TPSA) is 96.0 Å². The predicted molar refractivity (Wildman–Crippen MR) is 113 cm³/mol. The molecule has 4 unspecified atom stereocenters. The Labute approximate surface area is 182 Å². The van der Waals surface area contributed by atoms with Crippen molar-refractivity contribution >= 4 is 20.2 Å². The van der Waals surface area contributed by atoms with E-state index < -0.39 is 20.2 Å². The van der Waals surface area contributed by atoms with E-state index >= 15 is 0 Å². The summed E-state index contributed by atoms with van der Waals surface area (Å²) in [7, 11) is -7.87. The molecule has 166 valence electrons. The van der Waals surface area contributed by atoms with Crippen LogP contribution in [0.2, 0.25) is 0 Å². The van der Waals surface area contributed by atoms with Gasteiger partial charge in [-0.3, -0.25) is 8.37 Å². The Morgan fingerprint density at radius 1 is 0.677 bits per heavy atom. The monoisotopic (exact) mass is 464 g/mol. The Morgan fingerprint density at radius 2 is 1.03 bits per heavy atom. The van der Waals surface area contributed by atoms with Gasteiger partial charge in [0.1, 0.15) is 0 Å². The van der Waals surface area contributed by atoms with Gasteiger partial charge in [-0.25, -0.2) is 0 Å². The summed E-state index contributed by atoms with van der Waals surface area (Å²) < 4.78 is 66.6. The van der Waals surface area contributed by atoms with Crippen molar-refractivity contribution in [3.05, 3.63) is 71.8 Å². The fourth-order valence-electron chi connectivity index (χ4n) is 3.78. The van der Waals surface area contributed by atoms with E-state index in [2.05, 4.69) is 0 Å². The fraction of sp³-hybridized carbons (Fsp3) is 0.364. The summed E-state index contributed by atoms with van der Waals surface area (Å²) in [5, 5.41) is 0. The van der Waals surface area contributed by atoms with Crippen LogP contribution >= 0.6 is 0 Å². The van der Waals surface area contributed by atoms with Gasteiger partial charge >= 0.3 is 0 Å². The van der Waals surface area contributed by atoms with Gasteiger partial charge in [0.25, 0.3) is 20.2 Å². The van der Waals surface area contributed by atoms with E-state index in [0.29, 0.717) is 0 Å². The lowest BCUT2D eigenvalue weighted by Crippen LogP contribution is -2.33. The molecule has 0 saturated carbocycles. The Hall–Kier alpha value is -2.04. The lowest BCUT2D eigenvalue weighted by atomic mass is 9.84. The summed E-state index contributed by atoms with van der Waals surface area (Å²) in [6.45, 7) is 3.48. The Bertz CT molecular complexity index is 1070. The maximum atomic E-state index is 12.5. The van der Waals surface area contributed by atoms with Crippen molar-refractivity contribution < 1.29 is 29.9 Å². The van der Waals surface area contributed by atoms with Gasteiger partial charge in [-0.1, -0.05) is 47.5 Å². The molecule has 1 fully saturated rings. The Morgan fingerprint density at radius 3 is 1.39 bits per heavy atom. The third-order valence-electron chi connectivity index (χ3n) is 5.65. The summed E-state index contributed by atoms with van der Waals surface area (Å²) in [4.78, 5) is 0.153. The molecular weight excluding hydrogens is 440 g/mol. The number of aryl methyl sites for hydroxylation is 2. The van der Waals surface area contributed by atoms with Crippen LogP contribution in [0, 0.1) is 25.7 Å². The molecule has 31 heavy (non-hydrogen) atoms. The van der Waals surface area contributed by atoms with Crippen molar-refractivity contribution in [2.24, 2.45) is 11.8 Å². The van der Waals surface area contributed by atoms with Gasteiger partial charge in [0.2, 0.25) is 0 Å². The average Bonchev–Trinajstić information content (AvgIpc) is 3.33. The smallest absolute Gasteiger partial charge is 0.296 e. The zero-order valence-electron chi connectivity index (χ0n) is 17.2. The van der Waals surface area contributed by atoms with E-state index in [0.717, 1.165) is 11.1 Å². The maximum absolute atomic E-state index is 12.5. The zero-order valence-corrected chi connectivity index (χ0v) is 18.8. The van der Waals surface area contributed by atoms with Crippen LogP contribution in [0.5, 0.6) is 0 Å². The molecule has 2 aliphatic heterocycles. The second-order valence-corrected chi connectivity index (χ2v) is 11.1. The van der Waals surface area contributed by atoms with Crippen LogP contribution in [-0.2, 0) is 33.3 Å². The van der Waals surface area contributed by atoms with E-state index in [1.807, 2.05) is 26.0 Å². The Balaban J connectivity index is 1.43. The van der Waals surface area contributed by atoms with Crippen LogP contribution in [0.15, 0.2) is 70.5 Å². The minimum absolute atomic E-state index is 0.0764. The van der Waals surface area contributed by atoms with Crippen molar-refractivity contribution in [2.45, 2.75) is 35.8 Å². The maximum Gasteiger partial charge on any atom is 0.296 e. The van der Waals surface area contributed by atoms with Crippen LogP contribution < -0.4 is 0 Å². The van der Waals surface area contributed by atoms with Gasteiger partial charge < -0.3 is 4.74 Å². The summed E-state index contributed by atoms with van der Waals surface area (Å²) >= 11 is 0. The lowest BCUT2D eigenvalue weighted by Gasteiger charge is -2.24. The van der Waals surface area contributed by atoms with Crippen LogP contribution in [0.1, 0.15) is 11.1 Å². The van der Waals surface area contributed by atoms with Crippen molar-refractivity contribution in [2.75, 3.05) is 13.2 Å². The second-order valence-electron chi connectivity index (χ2n) is 7.88. The second kappa shape index (κ2) is 8.48. The van der Waals surface area contributed by atoms with E-state index in [1.165, 1.54) is 24.3 Å². The molecule has 2 bridgehead atoms. The van der Waals surface area contributed by atoms with Gasteiger partial charge in [0.15, 0.2) is 0 Å².